The molecule has 0 aliphatic heterocycles. The predicted octanol–water partition coefficient (Wildman–Crippen LogP) is 5.69. The topological polar surface area (TPSA) is 43.4 Å². The Morgan fingerprint density at radius 2 is 1.79 bits per heavy atom. The van der Waals surface area contributed by atoms with Crippen LogP contribution in [0.3, 0.4) is 0 Å². The molecule has 0 fully saturated rings. The van der Waals surface area contributed by atoms with E-state index >= 15 is 0 Å². The van der Waals surface area contributed by atoms with Crippen molar-refractivity contribution < 1.29 is 9.47 Å². The molecule has 0 radical (unpaired) electrons. The van der Waals surface area contributed by atoms with E-state index in [9.17, 15) is 0 Å². The summed E-state index contributed by atoms with van der Waals surface area (Å²) in [7, 11) is 1.63. The number of ether oxygens (including phenoxy) is 2. The molecule has 4 nitrogen and oxygen atoms in total. The van der Waals surface area contributed by atoms with Crippen molar-refractivity contribution in [3.05, 3.63) is 87.7 Å². The Labute approximate surface area is 181 Å². The van der Waals surface area contributed by atoms with Gasteiger partial charge < -0.3 is 14.8 Å². The summed E-state index contributed by atoms with van der Waals surface area (Å²) < 4.78 is 11.4. The number of methoxy groups -OCH3 is 1. The number of aromatic nitrogens is 1. The highest BCUT2D eigenvalue weighted by atomic mass is 35.5. The lowest BCUT2D eigenvalue weighted by Crippen LogP contribution is -2.12. The normalized spacial score (nSPS) is 10.2. The van der Waals surface area contributed by atoms with Crippen molar-refractivity contribution in [1.82, 2.24) is 10.3 Å². The monoisotopic (exact) mass is 438 g/mol. The summed E-state index contributed by atoms with van der Waals surface area (Å²) in [5.74, 6) is 1.35. The van der Waals surface area contributed by atoms with Gasteiger partial charge in [0.15, 0.2) is 11.5 Å². The zero-order chi connectivity index (χ0) is 19.1. The SMILES string of the molecule is COc1cc(CNCc2cccnc2)ccc1OCc1ccc(Cl)cc1Cl.Cl. The largest absolute Gasteiger partial charge is 0.493 e. The Kier molecular flexibility index (Phi) is 8.87. The van der Waals surface area contributed by atoms with Crippen LogP contribution in [0.2, 0.25) is 10.0 Å². The number of benzene rings is 2. The van der Waals surface area contributed by atoms with E-state index in [1.165, 1.54) is 0 Å². The average Bonchev–Trinajstić information content (AvgIpc) is 2.68. The summed E-state index contributed by atoms with van der Waals surface area (Å²) >= 11 is 12.1. The minimum Gasteiger partial charge on any atom is -0.493 e. The van der Waals surface area contributed by atoms with Gasteiger partial charge in [-0.1, -0.05) is 41.4 Å². The van der Waals surface area contributed by atoms with Gasteiger partial charge in [-0.05, 0) is 41.5 Å². The van der Waals surface area contributed by atoms with Crippen molar-refractivity contribution in [2.24, 2.45) is 0 Å². The molecule has 0 unspecified atom stereocenters. The molecule has 1 heterocycles. The van der Waals surface area contributed by atoms with Crippen LogP contribution >= 0.6 is 35.6 Å². The maximum atomic E-state index is 6.19. The maximum Gasteiger partial charge on any atom is 0.161 e. The van der Waals surface area contributed by atoms with Gasteiger partial charge in [0.2, 0.25) is 0 Å². The molecule has 1 N–H and O–H groups in total. The fourth-order valence-corrected chi connectivity index (χ4v) is 3.05. The van der Waals surface area contributed by atoms with Crippen LogP contribution in [0.1, 0.15) is 16.7 Å². The van der Waals surface area contributed by atoms with E-state index in [4.69, 9.17) is 32.7 Å². The molecular weight excluding hydrogens is 419 g/mol. The van der Waals surface area contributed by atoms with Gasteiger partial charge in [0.1, 0.15) is 6.61 Å². The first-order valence-corrected chi connectivity index (χ1v) is 9.24. The summed E-state index contributed by atoms with van der Waals surface area (Å²) in [5, 5.41) is 4.58. The van der Waals surface area contributed by atoms with E-state index in [2.05, 4.69) is 10.3 Å². The molecule has 28 heavy (non-hydrogen) atoms. The van der Waals surface area contributed by atoms with Gasteiger partial charge in [0.05, 0.1) is 7.11 Å². The van der Waals surface area contributed by atoms with Crippen LogP contribution in [0.4, 0.5) is 0 Å². The molecule has 3 aromatic rings. The molecule has 0 spiro atoms. The van der Waals surface area contributed by atoms with Gasteiger partial charge in [-0.2, -0.15) is 0 Å². The highest BCUT2D eigenvalue weighted by molar-refractivity contribution is 6.35. The van der Waals surface area contributed by atoms with Crippen molar-refractivity contribution in [2.45, 2.75) is 19.7 Å². The van der Waals surface area contributed by atoms with Gasteiger partial charge >= 0.3 is 0 Å². The number of rotatable bonds is 8. The number of hydrogen-bond acceptors (Lipinski definition) is 4. The summed E-state index contributed by atoms with van der Waals surface area (Å²) in [6.07, 6.45) is 3.62. The lowest BCUT2D eigenvalue weighted by Gasteiger charge is -2.13. The highest BCUT2D eigenvalue weighted by Crippen LogP contribution is 2.30. The lowest BCUT2D eigenvalue weighted by atomic mass is 10.2. The van der Waals surface area contributed by atoms with Crippen LogP contribution in [0.15, 0.2) is 60.9 Å². The quantitative estimate of drug-likeness (QED) is 0.490. The van der Waals surface area contributed by atoms with E-state index in [1.807, 2.05) is 42.6 Å². The second kappa shape index (κ2) is 11.1. The number of halogens is 3. The van der Waals surface area contributed by atoms with Crippen LogP contribution in [0.25, 0.3) is 0 Å². The van der Waals surface area contributed by atoms with Gasteiger partial charge in [0, 0.05) is 41.1 Å². The predicted molar refractivity (Wildman–Crippen MR) is 116 cm³/mol. The maximum absolute atomic E-state index is 6.19. The zero-order valence-corrected chi connectivity index (χ0v) is 17.7. The minimum atomic E-state index is 0. The van der Waals surface area contributed by atoms with Crippen molar-refractivity contribution in [1.29, 1.82) is 0 Å². The average molecular weight is 440 g/mol. The molecule has 0 amide bonds. The molecular formula is C21H21Cl3N2O2. The van der Waals surface area contributed by atoms with E-state index < -0.39 is 0 Å². The Morgan fingerprint density at radius 1 is 0.964 bits per heavy atom. The first-order chi connectivity index (χ1) is 13.2. The van der Waals surface area contributed by atoms with Crippen LogP contribution < -0.4 is 14.8 Å². The Balaban J connectivity index is 0.00000280. The van der Waals surface area contributed by atoms with Crippen LogP contribution in [0.5, 0.6) is 11.5 Å². The molecule has 1 aromatic heterocycles. The van der Waals surface area contributed by atoms with Gasteiger partial charge in [-0.15, -0.1) is 12.4 Å². The number of hydrogen-bond donors (Lipinski definition) is 1. The molecule has 2 aromatic carbocycles. The van der Waals surface area contributed by atoms with Gasteiger partial charge in [-0.25, -0.2) is 0 Å². The number of pyridine rings is 1. The molecule has 0 aliphatic rings. The first-order valence-electron chi connectivity index (χ1n) is 8.49. The van der Waals surface area contributed by atoms with Crippen molar-refractivity contribution in [3.63, 3.8) is 0 Å². The summed E-state index contributed by atoms with van der Waals surface area (Å²) in [5.41, 5.74) is 3.11. The Hall–Kier alpha value is -1.98. The van der Waals surface area contributed by atoms with E-state index in [0.29, 0.717) is 34.7 Å². The summed E-state index contributed by atoms with van der Waals surface area (Å²) in [6, 6.07) is 15.2. The van der Waals surface area contributed by atoms with E-state index in [1.54, 1.807) is 25.4 Å². The van der Waals surface area contributed by atoms with Crippen molar-refractivity contribution in [2.75, 3.05) is 7.11 Å². The third-order valence-corrected chi connectivity index (χ3v) is 4.59. The second-order valence-electron chi connectivity index (χ2n) is 5.97. The van der Waals surface area contributed by atoms with Crippen LogP contribution in [-0.2, 0) is 19.7 Å². The zero-order valence-electron chi connectivity index (χ0n) is 15.3. The molecule has 0 atom stereocenters. The molecule has 0 aliphatic carbocycles. The van der Waals surface area contributed by atoms with Gasteiger partial charge in [-0.3, -0.25) is 4.98 Å². The van der Waals surface area contributed by atoms with Crippen LogP contribution in [-0.4, -0.2) is 12.1 Å². The smallest absolute Gasteiger partial charge is 0.161 e. The lowest BCUT2D eigenvalue weighted by molar-refractivity contribution is 0.284. The molecule has 0 saturated heterocycles. The molecule has 7 heteroatoms. The second-order valence-corrected chi connectivity index (χ2v) is 6.82. The first kappa shape index (κ1) is 22.3. The van der Waals surface area contributed by atoms with Crippen LogP contribution in [0, 0.1) is 0 Å². The third-order valence-electron chi connectivity index (χ3n) is 4.01. The minimum absolute atomic E-state index is 0. The molecule has 148 valence electrons. The number of nitrogens with one attached hydrogen (secondary N) is 1. The third kappa shape index (κ3) is 6.28. The fourth-order valence-electron chi connectivity index (χ4n) is 2.59. The van der Waals surface area contributed by atoms with Crippen molar-refractivity contribution in [3.8, 4) is 11.5 Å². The summed E-state index contributed by atoms with van der Waals surface area (Å²) in [4.78, 5) is 4.11. The Morgan fingerprint density at radius 3 is 2.50 bits per heavy atom. The highest BCUT2D eigenvalue weighted by Gasteiger charge is 2.08. The standard InChI is InChI=1S/C21H20Cl2N2O2.ClH/c1-26-21-9-15(11-25-13-16-3-2-8-24-12-16)4-7-20(21)27-14-17-5-6-18(22)10-19(17)23;/h2-10,12,25H,11,13-14H2,1H3;1H. The molecule has 3 rings (SSSR count). The summed E-state index contributed by atoms with van der Waals surface area (Å²) in [6.45, 7) is 1.81. The fraction of sp³-hybridized carbons (Fsp3) is 0.190. The van der Waals surface area contributed by atoms with Gasteiger partial charge in [0.25, 0.3) is 0 Å². The van der Waals surface area contributed by atoms with Crippen molar-refractivity contribution >= 4 is 35.6 Å². The molecule has 0 saturated carbocycles. The number of nitrogens with zero attached hydrogens (tertiary/aromatic N) is 1. The Bertz CT molecular complexity index is 892. The molecule has 0 bridgehead atoms. The van der Waals surface area contributed by atoms with E-state index in [-0.39, 0.29) is 12.4 Å². The van der Waals surface area contributed by atoms with E-state index in [0.717, 1.165) is 23.2 Å².